The maximum atomic E-state index is 13.6. The Balaban J connectivity index is 2.04. The van der Waals surface area contributed by atoms with Crippen LogP contribution in [0.4, 0.5) is 17.6 Å². The van der Waals surface area contributed by atoms with Crippen LogP contribution in [0.15, 0.2) is 42.5 Å². The van der Waals surface area contributed by atoms with Crippen LogP contribution in [-0.2, 0) is 17.4 Å². The average molecular weight is 355 g/mol. The minimum atomic E-state index is -4.44. The molecule has 0 bridgehead atoms. The molecule has 1 atom stereocenters. The highest BCUT2D eigenvalue weighted by molar-refractivity contribution is 5.79. The molecule has 0 aliphatic carbocycles. The number of ether oxygens (including phenoxy) is 1. The molecule has 25 heavy (non-hydrogen) atoms. The number of hydrogen-bond acceptors (Lipinski definition) is 2. The molecule has 1 amide bonds. The molecular weight excluding hydrogens is 338 g/mol. The van der Waals surface area contributed by atoms with E-state index in [1.807, 2.05) is 0 Å². The van der Waals surface area contributed by atoms with Gasteiger partial charge in [-0.3, -0.25) is 4.79 Å². The van der Waals surface area contributed by atoms with Gasteiger partial charge < -0.3 is 10.1 Å². The van der Waals surface area contributed by atoms with Crippen LogP contribution in [0.2, 0.25) is 0 Å². The first-order valence-corrected chi connectivity index (χ1v) is 7.49. The van der Waals surface area contributed by atoms with Crippen LogP contribution >= 0.6 is 0 Å². The van der Waals surface area contributed by atoms with Crippen molar-refractivity contribution in [3.8, 4) is 5.75 Å². The molecule has 0 saturated carbocycles. The van der Waals surface area contributed by atoms with Gasteiger partial charge in [0.05, 0.1) is 25.1 Å². The third-order valence-electron chi connectivity index (χ3n) is 3.67. The quantitative estimate of drug-likeness (QED) is 0.814. The molecule has 1 N–H and O–H groups in total. The standard InChI is InChI=1S/C18H17F4NO2/c1-11(13-4-3-5-14(10-13)18(20,21)22)23-17(24)9-12-6-7-16(25-2)15(19)8-12/h3-8,10-11H,9H2,1-2H3,(H,23,24). The lowest BCUT2D eigenvalue weighted by molar-refractivity contribution is -0.137. The van der Waals surface area contributed by atoms with E-state index in [0.29, 0.717) is 11.1 Å². The number of halogens is 4. The van der Waals surface area contributed by atoms with E-state index >= 15 is 0 Å². The van der Waals surface area contributed by atoms with Crippen molar-refractivity contribution in [2.75, 3.05) is 7.11 Å². The van der Waals surface area contributed by atoms with Gasteiger partial charge in [0, 0.05) is 0 Å². The number of carbonyl (C=O) groups is 1. The SMILES string of the molecule is COc1ccc(CC(=O)NC(C)c2cccc(C(F)(F)F)c2)cc1F. The minimum Gasteiger partial charge on any atom is -0.494 e. The number of hydrogen-bond donors (Lipinski definition) is 1. The van der Waals surface area contributed by atoms with Gasteiger partial charge in [0.25, 0.3) is 0 Å². The molecule has 2 rings (SSSR count). The summed E-state index contributed by atoms with van der Waals surface area (Å²) in [5.74, 6) is -0.935. The van der Waals surface area contributed by atoms with Crippen LogP contribution < -0.4 is 10.1 Å². The van der Waals surface area contributed by atoms with E-state index in [4.69, 9.17) is 4.74 Å². The topological polar surface area (TPSA) is 38.3 Å². The number of nitrogens with one attached hydrogen (secondary N) is 1. The second kappa shape index (κ2) is 7.55. The lowest BCUT2D eigenvalue weighted by Gasteiger charge is -2.16. The first kappa shape index (κ1) is 18.8. The van der Waals surface area contributed by atoms with Crippen molar-refractivity contribution < 1.29 is 27.1 Å². The average Bonchev–Trinajstić information content (AvgIpc) is 2.54. The number of alkyl halides is 3. The summed E-state index contributed by atoms with van der Waals surface area (Å²) in [6.45, 7) is 1.59. The number of rotatable bonds is 5. The van der Waals surface area contributed by atoms with E-state index in [0.717, 1.165) is 12.1 Å². The molecule has 0 aromatic heterocycles. The van der Waals surface area contributed by atoms with E-state index in [9.17, 15) is 22.4 Å². The molecule has 0 aliphatic rings. The zero-order valence-electron chi connectivity index (χ0n) is 13.7. The Labute approximate surface area is 142 Å². The highest BCUT2D eigenvalue weighted by Crippen LogP contribution is 2.30. The van der Waals surface area contributed by atoms with Crippen LogP contribution in [0.5, 0.6) is 5.75 Å². The maximum Gasteiger partial charge on any atom is 0.416 e. The lowest BCUT2D eigenvalue weighted by atomic mass is 10.0. The molecule has 3 nitrogen and oxygen atoms in total. The first-order chi connectivity index (χ1) is 11.7. The molecule has 0 saturated heterocycles. The van der Waals surface area contributed by atoms with E-state index in [2.05, 4.69) is 5.32 Å². The Morgan fingerprint density at radius 2 is 1.92 bits per heavy atom. The predicted molar refractivity (Wildman–Crippen MR) is 84.7 cm³/mol. The normalized spacial score (nSPS) is 12.6. The van der Waals surface area contributed by atoms with E-state index in [1.165, 1.54) is 31.4 Å². The summed E-state index contributed by atoms with van der Waals surface area (Å²) in [6.07, 6.45) is -4.54. The van der Waals surface area contributed by atoms with Gasteiger partial charge in [-0.15, -0.1) is 0 Å². The fourth-order valence-electron chi connectivity index (χ4n) is 2.37. The number of carbonyl (C=O) groups excluding carboxylic acids is 1. The molecule has 0 spiro atoms. The lowest BCUT2D eigenvalue weighted by Crippen LogP contribution is -2.28. The summed E-state index contributed by atoms with van der Waals surface area (Å²) in [5.41, 5.74) is -0.000506. The van der Waals surface area contributed by atoms with E-state index in [-0.39, 0.29) is 12.2 Å². The van der Waals surface area contributed by atoms with Crippen LogP contribution in [0.25, 0.3) is 0 Å². The Morgan fingerprint density at radius 1 is 1.20 bits per heavy atom. The summed E-state index contributed by atoms with van der Waals surface area (Å²) < 4.78 is 56.7. The van der Waals surface area contributed by atoms with Crippen molar-refractivity contribution in [2.24, 2.45) is 0 Å². The summed E-state index contributed by atoms with van der Waals surface area (Å²) in [6, 6.07) is 8.30. The Morgan fingerprint density at radius 3 is 2.52 bits per heavy atom. The van der Waals surface area contributed by atoms with Crippen molar-refractivity contribution in [2.45, 2.75) is 25.6 Å². The highest BCUT2D eigenvalue weighted by atomic mass is 19.4. The Kier molecular flexibility index (Phi) is 5.66. The second-order valence-corrected chi connectivity index (χ2v) is 5.56. The molecule has 134 valence electrons. The summed E-state index contributed by atoms with van der Waals surface area (Å²) in [5, 5.41) is 2.61. The van der Waals surface area contributed by atoms with Gasteiger partial charge in [-0.1, -0.05) is 18.2 Å². The zero-order chi connectivity index (χ0) is 18.6. The summed E-state index contributed by atoms with van der Waals surface area (Å²) in [7, 11) is 1.33. The van der Waals surface area contributed by atoms with Crippen molar-refractivity contribution in [1.82, 2.24) is 5.32 Å². The van der Waals surface area contributed by atoms with Gasteiger partial charge in [-0.05, 0) is 42.3 Å². The molecule has 0 aliphatic heterocycles. The fraction of sp³-hybridized carbons (Fsp3) is 0.278. The third kappa shape index (κ3) is 4.95. The molecule has 0 heterocycles. The van der Waals surface area contributed by atoms with E-state index in [1.54, 1.807) is 13.0 Å². The molecule has 0 fully saturated rings. The van der Waals surface area contributed by atoms with Crippen LogP contribution in [0.1, 0.15) is 29.7 Å². The van der Waals surface area contributed by atoms with Crippen molar-refractivity contribution in [1.29, 1.82) is 0 Å². The largest absolute Gasteiger partial charge is 0.494 e. The fourth-order valence-corrected chi connectivity index (χ4v) is 2.37. The predicted octanol–water partition coefficient (Wildman–Crippen LogP) is 4.27. The van der Waals surface area contributed by atoms with Gasteiger partial charge in [-0.2, -0.15) is 13.2 Å². The monoisotopic (exact) mass is 355 g/mol. The first-order valence-electron chi connectivity index (χ1n) is 7.49. The molecule has 2 aromatic carbocycles. The Hall–Kier alpha value is -2.57. The van der Waals surface area contributed by atoms with Gasteiger partial charge in [0.1, 0.15) is 0 Å². The summed E-state index contributed by atoms with van der Waals surface area (Å²) in [4.78, 5) is 12.1. The number of methoxy groups -OCH3 is 1. The van der Waals surface area contributed by atoms with Crippen molar-refractivity contribution >= 4 is 5.91 Å². The van der Waals surface area contributed by atoms with Crippen LogP contribution in [0.3, 0.4) is 0 Å². The second-order valence-electron chi connectivity index (χ2n) is 5.56. The van der Waals surface area contributed by atoms with Gasteiger partial charge >= 0.3 is 6.18 Å². The maximum absolute atomic E-state index is 13.6. The number of benzene rings is 2. The molecular formula is C18H17F4NO2. The van der Waals surface area contributed by atoms with E-state index < -0.39 is 29.5 Å². The van der Waals surface area contributed by atoms with Crippen molar-refractivity contribution in [3.05, 3.63) is 65.0 Å². The molecule has 2 aromatic rings. The van der Waals surface area contributed by atoms with Crippen molar-refractivity contribution in [3.63, 3.8) is 0 Å². The van der Waals surface area contributed by atoms with Crippen LogP contribution in [0, 0.1) is 5.82 Å². The molecule has 7 heteroatoms. The van der Waals surface area contributed by atoms with Gasteiger partial charge in [-0.25, -0.2) is 4.39 Å². The summed E-state index contributed by atoms with van der Waals surface area (Å²) >= 11 is 0. The molecule has 1 unspecified atom stereocenters. The van der Waals surface area contributed by atoms with Crippen LogP contribution in [-0.4, -0.2) is 13.0 Å². The van der Waals surface area contributed by atoms with Gasteiger partial charge in [0.15, 0.2) is 11.6 Å². The number of amides is 1. The smallest absolute Gasteiger partial charge is 0.416 e. The molecule has 0 radical (unpaired) electrons. The highest BCUT2D eigenvalue weighted by Gasteiger charge is 2.30. The van der Waals surface area contributed by atoms with Gasteiger partial charge in [0.2, 0.25) is 5.91 Å². The zero-order valence-corrected chi connectivity index (χ0v) is 13.7. The minimum absolute atomic E-state index is 0.0708. The third-order valence-corrected chi connectivity index (χ3v) is 3.67. The Bertz CT molecular complexity index is 759.